The lowest BCUT2D eigenvalue weighted by Crippen LogP contribution is -2.31. The van der Waals surface area contributed by atoms with E-state index in [9.17, 15) is 22.8 Å². The summed E-state index contributed by atoms with van der Waals surface area (Å²) < 4.78 is 40.6. The second-order valence-electron chi connectivity index (χ2n) is 4.75. The quantitative estimate of drug-likeness (QED) is 0.683. The molecule has 3 rings (SSSR count). The zero-order valence-corrected chi connectivity index (χ0v) is 11.5. The molecule has 0 aliphatic carbocycles. The highest BCUT2D eigenvalue weighted by Gasteiger charge is 2.36. The largest absolute Gasteiger partial charge is 0.333 e. The molecule has 2 aromatic carbocycles. The van der Waals surface area contributed by atoms with Gasteiger partial charge in [-0.3, -0.25) is 4.79 Å². The van der Waals surface area contributed by atoms with Crippen molar-refractivity contribution >= 4 is 23.7 Å². The fourth-order valence-electron chi connectivity index (χ4n) is 2.16. The van der Waals surface area contributed by atoms with Crippen molar-refractivity contribution in [2.75, 3.05) is 4.90 Å². The second-order valence-corrected chi connectivity index (χ2v) is 4.75. The van der Waals surface area contributed by atoms with E-state index in [-0.39, 0.29) is 11.3 Å². The van der Waals surface area contributed by atoms with Crippen LogP contribution >= 0.6 is 0 Å². The van der Waals surface area contributed by atoms with Gasteiger partial charge in [0.2, 0.25) is 0 Å². The SMILES string of the molecule is O=C1NC(=Cc2ccccc2F)C(=O)N1c1cc(F)ccc1F. The molecule has 0 aromatic heterocycles. The molecule has 1 N–H and O–H groups in total. The van der Waals surface area contributed by atoms with Crippen LogP contribution in [0.25, 0.3) is 6.08 Å². The molecule has 7 heteroatoms. The molecule has 0 radical (unpaired) electrons. The Bertz CT molecular complexity index is 849. The number of benzene rings is 2. The zero-order valence-electron chi connectivity index (χ0n) is 11.5. The van der Waals surface area contributed by atoms with Crippen molar-refractivity contribution in [2.24, 2.45) is 0 Å². The monoisotopic (exact) mass is 318 g/mol. The summed E-state index contributed by atoms with van der Waals surface area (Å²) in [6.45, 7) is 0. The van der Waals surface area contributed by atoms with Gasteiger partial charge in [-0.05, 0) is 24.3 Å². The van der Waals surface area contributed by atoms with Crippen molar-refractivity contribution in [1.29, 1.82) is 0 Å². The Morgan fingerprint density at radius 1 is 0.957 bits per heavy atom. The summed E-state index contributed by atoms with van der Waals surface area (Å²) in [4.78, 5) is 24.6. The maximum absolute atomic E-state index is 13.8. The number of carbonyl (C=O) groups is 2. The molecule has 23 heavy (non-hydrogen) atoms. The van der Waals surface area contributed by atoms with Crippen molar-refractivity contribution in [3.05, 3.63) is 71.2 Å². The molecule has 1 saturated heterocycles. The standard InChI is InChI=1S/C16H9F3N2O2/c17-10-5-6-12(19)14(8-10)21-15(22)13(20-16(21)23)7-9-3-1-2-4-11(9)18/h1-8H,(H,20,23). The number of hydrogen-bond donors (Lipinski definition) is 1. The van der Waals surface area contributed by atoms with Crippen molar-refractivity contribution in [2.45, 2.75) is 0 Å². The average Bonchev–Trinajstić information content (AvgIpc) is 2.79. The normalized spacial score (nSPS) is 16.1. The van der Waals surface area contributed by atoms with Crippen LogP contribution in [-0.2, 0) is 4.79 Å². The molecule has 4 nitrogen and oxygen atoms in total. The topological polar surface area (TPSA) is 49.4 Å². The van der Waals surface area contributed by atoms with E-state index >= 15 is 0 Å². The van der Waals surface area contributed by atoms with E-state index < -0.39 is 35.1 Å². The number of nitrogens with zero attached hydrogens (tertiary/aromatic N) is 1. The minimum atomic E-state index is -0.943. The van der Waals surface area contributed by atoms with Crippen molar-refractivity contribution in [3.8, 4) is 0 Å². The van der Waals surface area contributed by atoms with Crippen LogP contribution in [0.5, 0.6) is 0 Å². The van der Waals surface area contributed by atoms with Crippen molar-refractivity contribution < 1.29 is 22.8 Å². The summed E-state index contributed by atoms with van der Waals surface area (Å²) in [6, 6.07) is 7.10. The van der Waals surface area contributed by atoms with Crippen LogP contribution in [-0.4, -0.2) is 11.9 Å². The Morgan fingerprint density at radius 2 is 1.70 bits per heavy atom. The second kappa shape index (κ2) is 5.60. The number of hydrogen-bond acceptors (Lipinski definition) is 2. The minimum absolute atomic E-state index is 0.0812. The highest BCUT2D eigenvalue weighted by atomic mass is 19.1. The zero-order chi connectivity index (χ0) is 16.6. The van der Waals surface area contributed by atoms with E-state index in [4.69, 9.17) is 0 Å². The van der Waals surface area contributed by atoms with E-state index in [1.807, 2.05) is 0 Å². The number of nitrogens with one attached hydrogen (secondary N) is 1. The van der Waals surface area contributed by atoms with Crippen LogP contribution in [0.3, 0.4) is 0 Å². The van der Waals surface area contributed by atoms with E-state index in [2.05, 4.69) is 5.32 Å². The van der Waals surface area contributed by atoms with E-state index in [0.717, 1.165) is 24.3 Å². The molecule has 1 aliphatic heterocycles. The summed E-state index contributed by atoms with van der Waals surface area (Å²) in [7, 11) is 0. The number of halogens is 3. The number of carbonyl (C=O) groups excluding carboxylic acids is 2. The third kappa shape index (κ3) is 2.68. The lowest BCUT2D eigenvalue weighted by Gasteiger charge is -2.12. The molecule has 0 saturated carbocycles. The lowest BCUT2D eigenvalue weighted by atomic mass is 10.1. The summed E-state index contributed by atoms with van der Waals surface area (Å²) >= 11 is 0. The van der Waals surface area contributed by atoms with E-state index in [1.54, 1.807) is 6.07 Å². The molecular weight excluding hydrogens is 309 g/mol. The predicted molar refractivity (Wildman–Crippen MR) is 76.8 cm³/mol. The molecule has 0 bridgehead atoms. The van der Waals surface area contributed by atoms with Gasteiger partial charge in [-0.1, -0.05) is 18.2 Å². The van der Waals surface area contributed by atoms with Gasteiger partial charge in [0.1, 0.15) is 23.1 Å². The summed E-state index contributed by atoms with van der Waals surface area (Å²) in [5.74, 6) is -3.21. The Morgan fingerprint density at radius 3 is 2.43 bits per heavy atom. The van der Waals surface area contributed by atoms with Gasteiger partial charge in [0.05, 0.1) is 5.69 Å². The fraction of sp³-hybridized carbons (Fsp3) is 0. The number of anilines is 1. The number of rotatable bonds is 2. The van der Waals surface area contributed by atoms with Gasteiger partial charge in [-0.15, -0.1) is 0 Å². The fourth-order valence-corrected chi connectivity index (χ4v) is 2.16. The lowest BCUT2D eigenvalue weighted by molar-refractivity contribution is -0.113. The first-order valence-corrected chi connectivity index (χ1v) is 6.54. The molecule has 1 aliphatic rings. The summed E-state index contributed by atoms with van der Waals surface area (Å²) in [6.07, 6.45) is 1.13. The Hall–Kier alpha value is -3.09. The van der Waals surface area contributed by atoms with Crippen LogP contribution < -0.4 is 10.2 Å². The Kier molecular flexibility index (Phi) is 3.61. The molecule has 0 spiro atoms. The van der Waals surface area contributed by atoms with Gasteiger partial charge >= 0.3 is 6.03 Å². The van der Waals surface area contributed by atoms with Gasteiger partial charge in [0.15, 0.2) is 0 Å². The first-order chi connectivity index (χ1) is 11.0. The third-order valence-electron chi connectivity index (χ3n) is 3.23. The Labute approximate surface area is 128 Å². The number of urea groups is 1. The maximum atomic E-state index is 13.8. The Balaban J connectivity index is 2.01. The van der Waals surface area contributed by atoms with Gasteiger partial charge in [-0.25, -0.2) is 22.9 Å². The predicted octanol–water partition coefficient (Wildman–Crippen LogP) is 3.20. The number of amides is 3. The molecule has 3 amide bonds. The summed E-state index contributed by atoms with van der Waals surface area (Å²) in [5, 5.41) is 2.22. The average molecular weight is 318 g/mol. The molecule has 0 unspecified atom stereocenters. The van der Waals surface area contributed by atoms with Crippen LogP contribution in [0.1, 0.15) is 5.56 Å². The molecule has 2 aromatic rings. The number of imide groups is 1. The van der Waals surface area contributed by atoms with Gasteiger partial charge in [0, 0.05) is 11.6 Å². The minimum Gasteiger partial charge on any atom is -0.302 e. The molecule has 116 valence electrons. The summed E-state index contributed by atoms with van der Waals surface area (Å²) in [5.41, 5.74) is -0.661. The van der Waals surface area contributed by atoms with Crippen LogP contribution in [0.2, 0.25) is 0 Å². The highest BCUT2D eigenvalue weighted by Crippen LogP contribution is 2.26. The van der Waals surface area contributed by atoms with Crippen molar-refractivity contribution in [1.82, 2.24) is 5.32 Å². The molecule has 1 heterocycles. The van der Waals surface area contributed by atoms with Gasteiger partial charge in [0.25, 0.3) is 5.91 Å². The maximum Gasteiger partial charge on any atom is 0.333 e. The van der Waals surface area contributed by atoms with E-state index in [0.29, 0.717) is 4.90 Å². The molecular formula is C16H9F3N2O2. The highest BCUT2D eigenvalue weighted by molar-refractivity contribution is 6.28. The third-order valence-corrected chi connectivity index (χ3v) is 3.23. The van der Waals surface area contributed by atoms with E-state index in [1.165, 1.54) is 18.2 Å². The van der Waals surface area contributed by atoms with Gasteiger partial charge < -0.3 is 5.32 Å². The van der Waals surface area contributed by atoms with Crippen LogP contribution in [0.4, 0.5) is 23.7 Å². The first-order valence-electron chi connectivity index (χ1n) is 6.54. The molecule has 0 atom stereocenters. The van der Waals surface area contributed by atoms with Gasteiger partial charge in [-0.2, -0.15) is 0 Å². The smallest absolute Gasteiger partial charge is 0.302 e. The van der Waals surface area contributed by atoms with Crippen LogP contribution in [0.15, 0.2) is 48.2 Å². The first kappa shape index (κ1) is 14.8. The van der Waals surface area contributed by atoms with Crippen molar-refractivity contribution in [3.63, 3.8) is 0 Å². The molecule has 1 fully saturated rings. The van der Waals surface area contributed by atoms with Crippen LogP contribution in [0, 0.1) is 17.5 Å².